The maximum Gasteiger partial charge on any atom is 0.323 e. The second kappa shape index (κ2) is 6.87. The lowest BCUT2D eigenvalue weighted by Gasteiger charge is -2.45. The standard InChI is InChI=1S/C15H28N2O3/c1-3-16-15(14(18)19)8-4-6-12(10-15)17-9-5-7-13(11-17)20-2/h12-13,16H,3-11H2,1-2H3,(H,18,19). The Bertz CT molecular complexity index is 333. The average molecular weight is 284 g/mol. The van der Waals surface area contributed by atoms with Gasteiger partial charge in [-0.3, -0.25) is 9.69 Å². The van der Waals surface area contributed by atoms with Gasteiger partial charge in [-0.25, -0.2) is 0 Å². The van der Waals surface area contributed by atoms with Crippen LogP contribution in [0.3, 0.4) is 0 Å². The maximum absolute atomic E-state index is 11.7. The number of rotatable bonds is 5. The van der Waals surface area contributed by atoms with Gasteiger partial charge in [0.25, 0.3) is 0 Å². The third kappa shape index (κ3) is 3.32. The van der Waals surface area contributed by atoms with Crippen LogP contribution in [0, 0.1) is 0 Å². The Morgan fingerprint density at radius 2 is 2.25 bits per heavy atom. The Morgan fingerprint density at radius 3 is 2.90 bits per heavy atom. The van der Waals surface area contributed by atoms with Crippen LogP contribution in [0.2, 0.25) is 0 Å². The number of hydrogen-bond donors (Lipinski definition) is 2. The number of carbonyl (C=O) groups is 1. The van der Waals surface area contributed by atoms with Crippen molar-refractivity contribution >= 4 is 5.97 Å². The smallest absolute Gasteiger partial charge is 0.323 e. The van der Waals surface area contributed by atoms with Crippen molar-refractivity contribution in [1.82, 2.24) is 10.2 Å². The second-order valence-corrected chi connectivity index (χ2v) is 6.16. The first-order chi connectivity index (χ1) is 9.61. The Kier molecular flexibility index (Phi) is 5.41. The van der Waals surface area contributed by atoms with Gasteiger partial charge in [-0.1, -0.05) is 6.92 Å². The number of methoxy groups -OCH3 is 1. The third-order valence-corrected chi connectivity index (χ3v) is 4.91. The van der Waals surface area contributed by atoms with Gasteiger partial charge in [0.2, 0.25) is 0 Å². The van der Waals surface area contributed by atoms with Gasteiger partial charge in [-0.2, -0.15) is 0 Å². The molecule has 1 heterocycles. The summed E-state index contributed by atoms with van der Waals surface area (Å²) in [6, 6.07) is 0.372. The number of hydrogen-bond acceptors (Lipinski definition) is 4. The van der Waals surface area contributed by atoms with Crippen LogP contribution in [0.1, 0.15) is 45.4 Å². The second-order valence-electron chi connectivity index (χ2n) is 6.16. The normalized spacial score (nSPS) is 35.9. The van der Waals surface area contributed by atoms with Crippen molar-refractivity contribution in [2.75, 3.05) is 26.7 Å². The monoisotopic (exact) mass is 284 g/mol. The van der Waals surface area contributed by atoms with Gasteiger partial charge in [0.05, 0.1) is 6.10 Å². The van der Waals surface area contributed by atoms with Gasteiger partial charge < -0.3 is 15.2 Å². The van der Waals surface area contributed by atoms with E-state index < -0.39 is 11.5 Å². The number of nitrogens with one attached hydrogen (secondary N) is 1. The van der Waals surface area contributed by atoms with Crippen LogP contribution in [0.15, 0.2) is 0 Å². The molecule has 0 bridgehead atoms. The summed E-state index contributed by atoms with van der Waals surface area (Å²) in [7, 11) is 1.77. The molecule has 0 aromatic carbocycles. The molecule has 5 heteroatoms. The highest BCUT2D eigenvalue weighted by atomic mass is 16.5. The van der Waals surface area contributed by atoms with Crippen molar-refractivity contribution < 1.29 is 14.6 Å². The minimum Gasteiger partial charge on any atom is -0.480 e. The highest BCUT2D eigenvalue weighted by molar-refractivity contribution is 5.79. The molecule has 0 aromatic rings. The van der Waals surface area contributed by atoms with Gasteiger partial charge in [0.15, 0.2) is 0 Å². The van der Waals surface area contributed by atoms with E-state index in [-0.39, 0.29) is 0 Å². The van der Waals surface area contributed by atoms with Gasteiger partial charge >= 0.3 is 5.97 Å². The quantitative estimate of drug-likeness (QED) is 0.800. The molecule has 0 spiro atoms. The zero-order chi connectivity index (χ0) is 14.6. The zero-order valence-electron chi connectivity index (χ0n) is 12.7. The maximum atomic E-state index is 11.7. The molecule has 2 rings (SSSR count). The Morgan fingerprint density at radius 1 is 1.45 bits per heavy atom. The van der Waals surface area contributed by atoms with Crippen molar-refractivity contribution in [2.24, 2.45) is 0 Å². The predicted molar refractivity (Wildman–Crippen MR) is 77.9 cm³/mol. The predicted octanol–water partition coefficient (Wildman–Crippen LogP) is 1.47. The summed E-state index contributed by atoms with van der Waals surface area (Å²) in [6.45, 7) is 4.71. The molecular weight excluding hydrogens is 256 g/mol. The number of likely N-dealkylation sites (tertiary alicyclic amines) is 1. The molecule has 1 saturated heterocycles. The Balaban J connectivity index is 2.03. The molecule has 2 fully saturated rings. The first-order valence-electron chi connectivity index (χ1n) is 7.86. The largest absolute Gasteiger partial charge is 0.480 e. The summed E-state index contributed by atoms with van der Waals surface area (Å²) in [5, 5.41) is 12.9. The van der Waals surface area contributed by atoms with Crippen LogP contribution in [0.4, 0.5) is 0 Å². The molecule has 0 radical (unpaired) electrons. The molecular formula is C15H28N2O3. The van der Waals surface area contributed by atoms with Crippen LogP contribution in [0.5, 0.6) is 0 Å². The number of nitrogens with zero attached hydrogens (tertiary/aromatic N) is 1. The minimum atomic E-state index is -0.725. The Hall–Kier alpha value is -0.650. The molecule has 0 aromatic heterocycles. The first-order valence-corrected chi connectivity index (χ1v) is 7.86. The lowest BCUT2D eigenvalue weighted by Crippen LogP contribution is -2.59. The fraction of sp³-hybridized carbons (Fsp3) is 0.933. The Labute approximate surface area is 121 Å². The van der Waals surface area contributed by atoms with Crippen molar-refractivity contribution in [1.29, 1.82) is 0 Å². The molecule has 2 N–H and O–H groups in total. The van der Waals surface area contributed by atoms with Gasteiger partial charge in [0.1, 0.15) is 5.54 Å². The lowest BCUT2D eigenvalue weighted by molar-refractivity contribution is -0.147. The molecule has 116 valence electrons. The highest BCUT2D eigenvalue weighted by Crippen LogP contribution is 2.33. The first kappa shape index (κ1) is 15.7. The summed E-state index contributed by atoms with van der Waals surface area (Å²) < 4.78 is 5.49. The summed E-state index contributed by atoms with van der Waals surface area (Å²) in [6.07, 6.45) is 6.13. The molecule has 1 aliphatic heterocycles. The topological polar surface area (TPSA) is 61.8 Å². The van der Waals surface area contributed by atoms with Crippen molar-refractivity contribution in [3.63, 3.8) is 0 Å². The number of aliphatic carboxylic acids is 1. The summed E-state index contributed by atoms with van der Waals surface area (Å²) in [4.78, 5) is 14.2. The molecule has 1 aliphatic carbocycles. The van der Waals surface area contributed by atoms with E-state index in [1.807, 2.05) is 6.92 Å². The summed E-state index contributed by atoms with van der Waals surface area (Å²) in [5.41, 5.74) is -0.725. The average Bonchev–Trinajstić information content (AvgIpc) is 2.48. The third-order valence-electron chi connectivity index (χ3n) is 4.91. The van der Waals surface area contributed by atoms with Crippen LogP contribution >= 0.6 is 0 Å². The fourth-order valence-corrected chi connectivity index (χ4v) is 3.82. The summed E-state index contributed by atoms with van der Waals surface area (Å²) in [5.74, 6) is -0.690. The molecule has 3 atom stereocenters. The zero-order valence-corrected chi connectivity index (χ0v) is 12.7. The van der Waals surface area contributed by atoms with Crippen LogP contribution in [-0.4, -0.2) is 60.4 Å². The lowest BCUT2D eigenvalue weighted by atomic mass is 9.78. The SMILES string of the molecule is CCNC1(C(=O)O)CCCC(N2CCCC(OC)C2)C1. The van der Waals surface area contributed by atoms with Crippen LogP contribution in [0.25, 0.3) is 0 Å². The van der Waals surface area contributed by atoms with E-state index in [1.165, 1.54) is 0 Å². The van der Waals surface area contributed by atoms with Gasteiger partial charge in [0, 0.05) is 19.7 Å². The van der Waals surface area contributed by atoms with E-state index in [1.54, 1.807) is 7.11 Å². The van der Waals surface area contributed by atoms with E-state index in [0.29, 0.717) is 25.1 Å². The van der Waals surface area contributed by atoms with E-state index in [0.717, 1.165) is 45.2 Å². The molecule has 2 aliphatic rings. The molecule has 0 amide bonds. The number of piperidine rings is 1. The summed E-state index contributed by atoms with van der Waals surface area (Å²) >= 11 is 0. The molecule has 1 saturated carbocycles. The molecule has 20 heavy (non-hydrogen) atoms. The van der Waals surface area contributed by atoms with E-state index >= 15 is 0 Å². The van der Waals surface area contributed by atoms with E-state index in [9.17, 15) is 9.90 Å². The number of carboxylic acids is 1. The van der Waals surface area contributed by atoms with E-state index in [4.69, 9.17) is 4.74 Å². The molecule has 5 nitrogen and oxygen atoms in total. The van der Waals surface area contributed by atoms with Crippen molar-refractivity contribution in [2.45, 2.75) is 63.1 Å². The number of carboxylic acid groups (broad SMARTS) is 1. The van der Waals surface area contributed by atoms with Crippen molar-refractivity contribution in [3.8, 4) is 0 Å². The highest BCUT2D eigenvalue weighted by Gasteiger charge is 2.44. The van der Waals surface area contributed by atoms with Gasteiger partial charge in [-0.05, 0) is 51.6 Å². The van der Waals surface area contributed by atoms with Crippen LogP contribution < -0.4 is 5.32 Å². The number of likely N-dealkylation sites (N-methyl/N-ethyl adjacent to an activating group) is 1. The van der Waals surface area contributed by atoms with Crippen molar-refractivity contribution in [3.05, 3.63) is 0 Å². The van der Waals surface area contributed by atoms with Gasteiger partial charge in [-0.15, -0.1) is 0 Å². The van der Waals surface area contributed by atoms with E-state index in [2.05, 4.69) is 10.2 Å². The fourth-order valence-electron chi connectivity index (χ4n) is 3.82. The molecule has 3 unspecified atom stereocenters. The minimum absolute atomic E-state index is 0.309. The number of ether oxygens (including phenoxy) is 1. The van der Waals surface area contributed by atoms with Crippen LogP contribution in [-0.2, 0) is 9.53 Å².